The molecule has 0 spiro atoms. The molecule has 3 aromatic rings. The molecule has 0 aromatic heterocycles. The lowest BCUT2D eigenvalue weighted by Gasteiger charge is -2.09. The number of nitrogens with zero attached hydrogens (tertiary/aromatic N) is 1. The zero-order valence-corrected chi connectivity index (χ0v) is 17.0. The molecule has 0 saturated heterocycles. The van der Waals surface area contributed by atoms with Crippen LogP contribution in [0, 0.1) is 0 Å². The van der Waals surface area contributed by atoms with Crippen LogP contribution in [0.3, 0.4) is 0 Å². The first-order chi connectivity index (χ1) is 14.0. The Bertz CT molecular complexity index is 1060. The number of hydrogen-bond donors (Lipinski definition) is 1. The summed E-state index contributed by atoms with van der Waals surface area (Å²) in [5.74, 6) is 1.46. The highest BCUT2D eigenvalue weighted by molar-refractivity contribution is 7.92. The zero-order chi connectivity index (χ0) is 20.7. The van der Waals surface area contributed by atoms with Crippen molar-refractivity contribution in [2.75, 3.05) is 18.4 Å². The number of sulfonamides is 1. The number of ether oxygens (including phenoxy) is 2. The second-order valence-electron chi connectivity index (χ2n) is 6.09. The van der Waals surface area contributed by atoms with Gasteiger partial charge in [0.25, 0.3) is 10.0 Å². The lowest BCUT2D eigenvalue weighted by Crippen LogP contribution is -2.12. The first kappa shape index (κ1) is 20.4. The van der Waals surface area contributed by atoms with Gasteiger partial charge in [-0.3, -0.25) is 9.71 Å². The average Bonchev–Trinajstić information content (AvgIpc) is 2.74. The Morgan fingerprint density at radius 2 is 1.52 bits per heavy atom. The van der Waals surface area contributed by atoms with Crippen LogP contribution in [0.5, 0.6) is 11.5 Å². The Morgan fingerprint density at radius 1 is 0.897 bits per heavy atom. The van der Waals surface area contributed by atoms with Crippen LogP contribution < -0.4 is 14.2 Å². The Balaban J connectivity index is 1.68. The van der Waals surface area contributed by atoms with Crippen molar-refractivity contribution >= 4 is 27.6 Å². The van der Waals surface area contributed by atoms with Crippen LogP contribution >= 0.6 is 0 Å². The second-order valence-corrected chi connectivity index (χ2v) is 7.77. The minimum absolute atomic E-state index is 0.162. The number of benzene rings is 3. The fourth-order valence-corrected chi connectivity index (χ4v) is 3.61. The molecule has 3 rings (SSSR count). The van der Waals surface area contributed by atoms with Crippen molar-refractivity contribution in [2.45, 2.75) is 11.8 Å². The predicted molar refractivity (Wildman–Crippen MR) is 115 cm³/mol. The van der Waals surface area contributed by atoms with Crippen LogP contribution in [-0.2, 0) is 10.0 Å². The average molecular weight is 410 g/mol. The summed E-state index contributed by atoms with van der Waals surface area (Å²) in [6.45, 7) is 2.44. The summed E-state index contributed by atoms with van der Waals surface area (Å²) in [7, 11) is -2.07. The van der Waals surface area contributed by atoms with Crippen molar-refractivity contribution in [1.82, 2.24) is 0 Å². The predicted octanol–water partition coefficient (Wildman–Crippen LogP) is 4.65. The Kier molecular flexibility index (Phi) is 6.51. The minimum Gasteiger partial charge on any atom is -0.497 e. The fourth-order valence-electron chi connectivity index (χ4n) is 2.55. The molecule has 6 nitrogen and oxygen atoms in total. The standard InChI is InChI=1S/C22H22N2O4S/c1-3-28-21-12-6-19(7-13-21)24-29(25,26)22-14-8-18(9-15-22)23-16-17-4-10-20(27-2)11-5-17/h4-16,24H,3H2,1-2H3. The summed E-state index contributed by atoms with van der Waals surface area (Å²) < 4.78 is 38.2. The second kappa shape index (κ2) is 9.25. The smallest absolute Gasteiger partial charge is 0.261 e. The Morgan fingerprint density at radius 3 is 2.10 bits per heavy atom. The van der Waals surface area contributed by atoms with E-state index < -0.39 is 10.0 Å². The first-order valence-electron chi connectivity index (χ1n) is 9.04. The number of aliphatic imine (C=N–C) groups is 1. The van der Waals surface area contributed by atoms with Crippen LogP contribution in [0.15, 0.2) is 82.7 Å². The zero-order valence-electron chi connectivity index (χ0n) is 16.2. The molecule has 0 saturated carbocycles. The van der Waals surface area contributed by atoms with Crippen molar-refractivity contribution in [3.8, 4) is 11.5 Å². The molecule has 7 heteroatoms. The molecule has 1 N–H and O–H groups in total. The molecule has 0 aliphatic rings. The Hall–Kier alpha value is -3.32. The van der Waals surface area contributed by atoms with Crippen LogP contribution in [0.4, 0.5) is 11.4 Å². The van der Waals surface area contributed by atoms with Gasteiger partial charge in [0.05, 0.1) is 24.3 Å². The molecule has 0 fully saturated rings. The van der Waals surface area contributed by atoms with Gasteiger partial charge in [-0.15, -0.1) is 0 Å². The van der Waals surface area contributed by atoms with Gasteiger partial charge in [0, 0.05) is 11.9 Å². The van der Waals surface area contributed by atoms with Gasteiger partial charge in [0.1, 0.15) is 11.5 Å². The largest absolute Gasteiger partial charge is 0.497 e. The molecule has 3 aromatic carbocycles. The van der Waals surface area contributed by atoms with E-state index in [0.29, 0.717) is 23.7 Å². The van der Waals surface area contributed by atoms with Gasteiger partial charge >= 0.3 is 0 Å². The van der Waals surface area contributed by atoms with Crippen LogP contribution in [0.25, 0.3) is 0 Å². The van der Waals surface area contributed by atoms with Crippen molar-refractivity contribution in [3.05, 3.63) is 78.4 Å². The third-order valence-electron chi connectivity index (χ3n) is 4.04. The third-order valence-corrected chi connectivity index (χ3v) is 5.44. The van der Waals surface area contributed by atoms with Gasteiger partial charge in [-0.2, -0.15) is 0 Å². The maximum absolute atomic E-state index is 12.6. The highest BCUT2D eigenvalue weighted by Gasteiger charge is 2.14. The highest BCUT2D eigenvalue weighted by atomic mass is 32.2. The molecule has 29 heavy (non-hydrogen) atoms. The molecular weight excluding hydrogens is 388 g/mol. The number of anilines is 1. The third kappa shape index (κ3) is 5.58. The fraction of sp³-hybridized carbons (Fsp3) is 0.136. The molecular formula is C22H22N2O4S. The number of rotatable bonds is 8. The van der Waals surface area contributed by atoms with Crippen LogP contribution in [-0.4, -0.2) is 28.3 Å². The van der Waals surface area contributed by atoms with Gasteiger partial charge in [0.15, 0.2) is 0 Å². The monoisotopic (exact) mass is 410 g/mol. The molecule has 0 aliphatic carbocycles. The van der Waals surface area contributed by atoms with Gasteiger partial charge in [0.2, 0.25) is 0 Å². The molecule has 0 aliphatic heterocycles. The van der Waals surface area contributed by atoms with Gasteiger partial charge in [-0.05, 0) is 85.3 Å². The topological polar surface area (TPSA) is 77.0 Å². The van der Waals surface area contributed by atoms with E-state index in [9.17, 15) is 8.42 Å². The van der Waals surface area contributed by atoms with E-state index in [1.54, 1.807) is 49.7 Å². The number of methoxy groups -OCH3 is 1. The minimum atomic E-state index is -3.69. The normalized spacial score (nSPS) is 11.4. The van der Waals surface area contributed by atoms with E-state index >= 15 is 0 Å². The molecule has 0 atom stereocenters. The molecule has 0 bridgehead atoms. The van der Waals surface area contributed by atoms with Crippen molar-refractivity contribution in [1.29, 1.82) is 0 Å². The SMILES string of the molecule is CCOc1ccc(NS(=O)(=O)c2ccc(N=Cc3ccc(OC)cc3)cc2)cc1. The van der Waals surface area contributed by atoms with Gasteiger partial charge < -0.3 is 9.47 Å². The number of nitrogens with one attached hydrogen (secondary N) is 1. The molecule has 0 radical (unpaired) electrons. The molecule has 150 valence electrons. The molecule has 0 unspecified atom stereocenters. The van der Waals surface area contributed by atoms with Gasteiger partial charge in [-0.25, -0.2) is 8.42 Å². The maximum Gasteiger partial charge on any atom is 0.261 e. The van der Waals surface area contributed by atoms with Gasteiger partial charge in [-0.1, -0.05) is 0 Å². The summed E-state index contributed by atoms with van der Waals surface area (Å²) >= 11 is 0. The highest BCUT2D eigenvalue weighted by Crippen LogP contribution is 2.21. The maximum atomic E-state index is 12.6. The molecule has 0 amide bonds. The van der Waals surface area contributed by atoms with E-state index in [-0.39, 0.29) is 4.90 Å². The summed E-state index contributed by atoms with van der Waals surface area (Å²) in [5.41, 5.74) is 2.04. The van der Waals surface area contributed by atoms with Crippen molar-refractivity contribution < 1.29 is 17.9 Å². The Labute approximate surface area is 170 Å². The van der Waals surface area contributed by atoms with E-state index in [0.717, 1.165) is 11.3 Å². The van der Waals surface area contributed by atoms with Crippen LogP contribution in [0.2, 0.25) is 0 Å². The lowest BCUT2D eigenvalue weighted by atomic mass is 10.2. The summed E-state index contributed by atoms with van der Waals surface area (Å²) in [4.78, 5) is 4.53. The lowest BCUT2D eigenvalue weighted by molar-refractivity contribution is 0.340. The molecule has 0 heterocycles. The van der Waals surface area contributed by atoms with E-state index in [4.69, 9.17) is 9.47 Å². The van der Waals surface area contributed by atoms with E-state index in [2.05, 4.69) is 9.71 Å². The number of hydrogen-bond acceptors (Lipinski definition) is 5. The summed E-state index contributed by atoms with van der Waals surface area (Å²) in [6.07, 6.45) is 1.71. The van der Waals surface area contributed by atoms with Crippen LogP contribution in [0.1, 0.15) is 12.5 Å². The first-order valence-corrected chi connectivity index (χ1v) is 10.5. The van der Waals surface area contributed by atoms with E-state index in [1.165, 1.54) is 12.1 Å². The summed E-state index contributed by atoms with van der Waals surface area (Å²) in [5, 5.41) is 0. The van der Waals surface area contributed by atoms with Crippen molar-refractivity contribution in [2.24, 2.45) is 4.99 Å². The summed E-state index contributed by atoms with van der Waals surface area (Å²) in [6, 6.07) is 20.6. The van der Waals surface area contributed by atoms with Crippen molar-refractivity contribution in [3.63, 3.8) is 0 Å². The quantitative estimate of drug-likeness (QED) is 0.549. The van der Waals surface area contributed by atoms with E-state index in [1.807, 2.05) is 31.2 Å².